The van der Waals surface area contributed by atoms with Crippen LogP contribution in [0.15, 0.2) is 15.6 Å². The van der Waals surface area contributed by atoms with E-state index in [9.17, 15) is 14.4 Å². The molecule has 4 atom stereocenters. The van der Waals surface area contributed by atoms with Gasteiger partial charge in [-0.15, -0.1) is 11.8 Å². The van der Waals surface area contributed by atoms with Crippen molar-refractivity contribution in [3.05, 3.63) is 10.6 Å². The number of amides is 1. The Morgan fingerprint density at radius 1 is 1.29 bits per heavy atom. The molecule has 1 amide bonds. The van der Waals surface area contributed by atoms with E-state index in [0.717, 1.165) is 35.5 Å². The molecule has 4 rings (SSSR count). The van der Waals surface area contributed by atoms with Crippen molar-refractivity contribution in [1.82, 2.24) is 9.80 Å². The maximum atomic E-state index is 13.1. The van der Waals surface area contributed by atoms with Crippen molar-refractivity contribution < 1.29 is 33.7 Å². The van der Waals surface area contributed by atoms with Crippen LogP contribution >= 0.6 is 23.5 Å². The zero-order chi connectivity index (χ0) is 25.5. The van der Waals surface area contributed by atoms with Crippen LogP contribution in [0.4, 0.5) is 0 Å². The lowest BCUT2D eigenvalue weighted by Gasteiger charge is -2.47. The van der Waals surface area contributed by atoms with Crippen LogP contribution in [0.3, 0.4) is 0 Å². The molecule has 0 bridgehead atoms. The van der Waals surface area contributed by atoms with Crippen LogP contribution in [0.25, 0.3) is 0 Å². The highest BCUT2D eigenvalue weighted by atomic mass is 32.2. The summed E-state index contributed by atoms with van der Waals surface area (Å²) >= 11 is 3.36. The molecule has 0 aromatic heterocycles. The lowest BCUT2D eigenvalue weighted by molar-refractivity contribution is -0.178. The fourth-order valence-electron chi connectivity index (χ4n) is 4.66. The van der Waals surface area contributed by atoms with Gasteiger partial charge < -0.3 is 29.1 Å². The van der Waals surface area contributed by atoms with E-state index in [4.69, 9.17) is 19.3 Å². The molecule has 4 heterocycles. The van der Waals surface area contributed by atoms with Crippen LogP contribution in [0.2, 0.25) is 0 Å². The van der Waals surface area contributed by atoms with Crippen LogP contribution in [-0.4, -0.2) is 94.3 Å². The summed E-state index contributed by atoms with van der Waals surface area (Å²) in [6, 6.07) is -0.253. The van der Waals surface area contributed by atoms with Crippen LogP contribution in [0.1, 0.15) is 34.6 Å². The third-order valence-electron chi connectivity index (χ3n) is 6.60. The lowest BCUT2D eigenvalue weighted by atomic mass is 9.79. The summed E-state index contributed by atoms with van der Waals surface area (Å²) in [6.07, 6.45) is -0.484. The molecule has 0 spiro atoms. The Hall–Kier alpha value is -1.76. The molecule has 194 valence electrons. The number of hydrogen-bond donors (Lipinski definition) is 1. The van der Waals surface area contributed by atoms with Crippen molar-refractivity contribution in [2.75, 3.05) is 39.0 Å². The fourth-order valence-corrected chi connectivity index (χ4v) is 7.06. The minimum Gasteiger partial charge on any atom is -0.427 e. The Morgan fingerprint density at radius 2 is 2.00 bits per heavy atom. The molecular weight excluding hydrogens is 494 g/mol. The Kier molecular flexibility index (Phi) is 7.75. The summed E-state index contributed by atoms with van der Waals surface area (Å²) in [6.45, 7) is 10.4. The number of β-lactam (4-membered cyclic amide) rings is 1. The van der Waals surface area contributed by atoms with Crippen molar-refractivity contribution in [3.63, 3.8) is 0 Å². The molecule has 35 heavy (non-hydrogen) atoms. The van der Waals surface area contributed by atoms with Crippen LogP contribution in [0, 0.1) is 17.3 Å². The molecule has 0 aromatic carbocycles. The smallest absolute Gasteiger partial charge is 0.358 e. The number of aliphatic hydroxyl groups excluding tert-OH is 1. The van der Waals surface area contributed by atoms with E-state index in [1.165, 1.54) is 4.90 Å². The van der Waals surface area contributed by atoms with Gasteiger partial charge in [0.2, 0.25) is 12.7 Å². The summed E-state index contributed by atoms with van der Waals surface area (Å²) in [7, 11) is 0. The highest BCUT2D eigenvalue weighted by Crippen LogP contribution is 2.52. The summed E-state index contributed by atoms with van der Waals surface area (Å²) < 4.78 is 15.7. The number of rotatable bonds is 8. The topological polar surface area (TPSA) is 118 Å². The third kappa shape index (κ3) is 5.07. The molecule has 4 aliphatic heterocycles. The number of amidine groups is 1. The molecule has 10 nitrogen and oxygen atoms in total. The molecule has 2 fully saturated rings. The number of esters is 2. The Bertz CT molecular complexity index is 942. The average Bonchev–Trinajstić information content (AvgIpc) is 3.35. The van der Waals surface area contributed by atoms with Crippen molar-refractivity contribution in [2.45, 2.75) is 52.0 Å². The number of hydrogen-bond acceptors (Lipinski definition) is 11. The number of aliphatic imine (C=N–C) groups is 1. The van der Waals surface area contributed by atoms with Crippen LogP contribution in [0.5, 0.6) is 0 Å². The first-order valence-electron chi connectivity index (χ1n) is 11.8. The van der Waals surface area contributed by atoms with Crippen molar-refractivity contribution in [1.29, 1.82) is 0 Å². The van der Waals surface area contributed by atoms with Gasteiger partial charge in [0.25, 0.3) is 0 Å². The van der Waals surface area contributed by atoms with Crippen molar-refractivity contribution in [2.24, 2.45) is 22.2 Å². The molecule has 1 N–H and O–H groups in total. The first-order valence-corrected chi connectivity index (χ1v) is 13.6. The molecular formula is C23H33N3O7S2. The van der Waals surface area contributed by atoms with Gasteiger partial charge in [-0.1, -0.05) is 18.7 Å². The number of carbonyl (C=O) groups is 3. The summed E-state index contributed by atoms with van der Waals surface area (Å²) in [5.41, 5.74) is -0.496. The van der Waals surface area contributed by atoms with E-state index < -0.39 is 43.0 Å². The molecule has 12 heteroatoms. The monoisotopic (exact) mass is 527 g/mol. The maximum Gasteiger partial charge on any atom is 0.358 e. The second kappa shape index (κ2) is 10.3. The van der Waals surface area contributed by atoms with Gasteiger partial charge in [0.15, 0.2) is 5.17 Å². The number of thioether (sulfide) groups is 2. The molecule has 2 saturated heterocycles. The average molecular weight is 528 g/mol. The number of ether oxygens (including phenoxy) is 3. The minimum absolute atomic E-state index is 0.0978. The second-order valence-electron chi connectivity index (χ2n) is 10.1. The zero-order valence-corrected chi connectivity index (χ0v) is 22.3. The van der Waals surface area contributed by atoms with Gasteiger partial charge in [-0.2, -0.15) is 0 Å². The zero-order valence-electron chi connectivity index (χ0n) is 20.7. The largest absolute Gasteiger partial charge is 0.427 e. The van der Waals surface area contributed by atoms with Crippen LogP contribution < -0.4 is 0 Å². The fraction of sp³-hybridized carbons (Fsp3) is 0.739. The molecule has 0 aliphatic carbocycles. The van der Waals surface area contributed by atoms with E-state index in [-0.39, 0.29) is 28.8 Å². The maximum absolute atomic E-state index is 13.1. The Labute approximate surface area is 213 Å². The molecule has 0 saturated carbocycles. The molecule has 0 radical (unpaired) electrons. The molecule has 0 aromatic rings. The lowest BCUT2D eigenvalue weighted by Crippen LogP contribution is -2.64. The van der Waals surface area contributed by atoms with E-state index >= 15 is 0 Å². The number of aliphatic hydroxyl groups is 1. The van der Waals surface area contributed by atoms with E-state index in [1.54, 1.807) is 51.2 Å². The highest BCUT2D eigenvalue weighted by molar-refractivity contribution is 8.14. The minimum atomic E-state index is -0.721. The van der Waals surface area contributed by atoms with Crippen molar-refractivity contribution >= 4 is 46.5 Å². The predicted octanol–water partition coefficient (Wildman–Crippen LogP) is 1.64. The Balaban J connectivity index is 1.48. The number of likely N-dealkylation sites (tertiary alicyclic amines) is 1. The number of fused-ring (bicyclic) bond motifs is 1. The third-order valence-corrected chi connectivity index (χ3v) is 9.08. The second-order valence-corrected chi connectivity index (χ2v) is 12.5. The Morgan fingerprint density at radius 3 is 2.60 bits per heavy atom. The van der Waals surface area contributed by atoms with Gasteiger partial charge in [0.1, 0.15) is 12.5 Å². The van der Waals surface area contributed by atoms with Gasteiger partial charge in [-0.05, 0) is 27.7 Å². The van der Waals surface area contributed by atoms with Gasteiger partial charge in [-0.3, -0.25) is 14.6 Å². The van der Waals surface area contributed by atoms with Gasteiger partial charge in [-0.25, -0.2) is 4.79 Å². The highest BCUT2D eigenvalue weighted by Gasteiger charge is 2.61. The summed E-state index contributed by atoms with van der Waals surface area (Å²) in [5, 5.41) is 10.5. The van der Waals surface area contributed by atoms with E-state index in [0.29, 0.717) is 0 Å². The van der Waals surface area contributed by atoms with Crippen LogP contribution in [-0.2, 0) is 28.6 Å². The quantitative estimate of drug-likeness (QED) is 0.284. The van der Waals surface area contributed by atoms with Gasteiger partial charge >= 0.3 is 11.9 Å². The van der Waals surface area contributed by atoms with E-state index in [1.807, 2.05) is 6.92 Å². The number of nitrogens with zero attached hydrogens (tertiary/aromatic N) is 3. The predicted molar refractivity (Wildman–Crippen MR) is 132 cm³/mol. The molecule has 1 unspecified atom stereocenters. The van der Waals surface area contributed by atoms with Crippen molar-refractivity contribution in [3.8, 4) is 0 Å². The number of carbonyl (C=O) groups excluding carboxylic acids is 3. The first kappa shape index (κ1) is 26.3. The molecule has 4 aliphatic rings. The summed E-state index contributed by atoms with van der Waals surface area (Å²) in [4.78, 5) is 47.3. The van der Waals surface area contributed by atoms with Gasteiger partial charge in [0, 0.05) is 34.9 Å². The first-order chi connectivity index (χ1) is 16.5. The SMILES string of the molecule is CC(OCO)[C@H]1C(=O)N2C(C(=O)OCOC(=O)C(C)(C)C)=C(SC3CN(C4=NCCS4)C3)[C@H](C)[C@@H]12. The van der Waals surface area contributed by atoms with E-state index in [2.05, 4.69) is 9.89 Å². The standard InChI is InChI=1S/C23H33N3O7S2/c1-12-16-15(13(2)31-10-27)19(28)26(16)17(20(29)32-11-33-21(30)23(3,4)5)18(12)35-14-8-25(9-14)22-24-6-7-34-22/h12-16,27H,6-11H2,1-5H3/t12-,13?,15-,16+/m1/s1. The normalized spacial score (nSPS) is 27.3. The van der Waals surface area contributed by atoms with Gasteiger partial charge in [0.05, 0.1) is 30.0 Å². The summed E-state index contributed by atoms with van der Waals surface area (Å²) in [5.74, 6) is -0.945.